The van der Waals surface area contributed by atoms with E-state index in [1.165, 1.54) is 64.2 Å². The molecule has 140 valence electrons. The minimum absolute atomic E-state index is 0. The average molecular weight is 423 g/mol. The van der Waals surface area contributed by atoms with Crippen molar-refractivity contribution in [2.45, 2.75) is 77.2 Å². The van der Waals surface area contributed by atoms with Gasteiger partial charge in [-0.1, -0.05) is 19.8 Å². The Labute approximate surface area is 203 Å². The minimum Gasteiger partial charge on any atom is -0.854 e. The first kappa shape index (κ1) is 23.0. The normalized spacial score (nSPS) is 48.1. The van der Waals surface area contributed by atoms with Crippen molar-refractivity contribution in [1.82, 2.24) is 0 Å². The summed E-state index contributed by atoms with van der Waals surface area (Å²) in [5.41, 5.74) is 0.565. The Kier molecular flexibility index (Phi) is 8.69. The molecule has 0 aromatic rings. The van der Waals surface area contributed by atoms with Crippen molar-refractivity contribution < 1.29 is 73.1 Å². The first-order valence-electron chi connectivity index (χ1n) is 10.2. The third-order valence-electron chi connectivity index (χ3n) is 8.75. The van der Waals surface area contributed by atoms with Crippen LogP contribution in [-0.4, -0.2) is 32.0 Å². The average Bonchev–Trinajstić information content (AvgIpc) is 2.99. The molecule has 0 aromatic carbocycles. The summed E-state index contributed by atoms with van der Waals surface area (Å²) >= 11 is 0. The van der Waals surface area contributed by atoms with Gasteiger partial charge in [0.05, 0.1) is 6.10 Å². The third-order valence-corrected chi connectivity index (χ3v) is 8.75. The summed E-state index contributed by atoms with van der Waals surface area (Å²) < 4.78 is 5.86. The first-order valence-corrected chi connectivity index (χ1v) is 10.2. The van der Waals surface area contributed by atoms with E-state index in [2.05, 4.69) is 6.92 Å². The van der Waals surface area contributed by atoms with Crippen molar-refractivity contribution in [3.63, 3.8) is 0 Å². The van der Waals surface area contributed by atoms with Crippen LogP contribution in [0, 0.1) is 34.5 Å². The van der Waals surface area contributed by atoms with E-state index >= 15 is 0 Å². The maximum Gasteiger partial charge on any atom is 1.00 e. The maximum absolute atomic E-state index is 12.4. The van der Waals surface area contributed by atoms with Gasteiger partial charge in [0.2, 0.25) is 0 Å². The molecule has 1 N–H and O–H groups in total. The molecule has 4 rings (SSSR count). The van der Waals surface area contributed by atoms with E-state index in [9.17, 15) is 5.11 Å². The van der Waals surface area contributed by atoms with E-state index in [0.29, 0.717) is 11.5 Å². The quantitative estimate of drug-likeness (QED) is 0.700. The number of hydrogen-bond acceptors (Lipinski definition) is 3. The van der Waals surface area contributed by atoms with Crippen molar-refractivity contribution in [2.24, 2.45) is 34.5 Å². The van der Waals surface area contributed by atoms with Crippen LogP contribution in [0.4, 0.5) is 0 Å². The van der Waals surface area contributed by atoms with Crippen molar-refractivity contribution >= 4 is 0 Å². The van der Waals surface area contributed by atoms with Gasteiger partial charge in [0.15, 0.2) is 0 Å². The van der Waals surface area contributed by atoms with E-state index in [-0.39, 0.29) is 70.2 Å². The van der Waals surface area contributed by atoms with Crippen molar-refractivity contribution in [3.05, 3.63) is 0 Å². The molecule has 6 unspecified atom stereocenters. The molecule has 0 saturated heterocycles. The van der Waals surface area contributed by atoms with Crippen LogP contribution < -0.4 is 63.3 Å². The van der Waals surface area contributed by atoms with E-state index in [0.717, 1.165) is 30.8 Å². The Morgan fingerprint density at radius 1 is 0.960 bits per heavy atom. The summed E-state index contributed by atoms with van der Waals surface area (Å²) in [7, 11) is 2.90. The molecule has 0 aromatic heterocycles. The smallest absolute Gasteiger partial charge is 0.854 e. The van der Waals surface area contributed by atoms with Crippen molar-refractivity contribution in [1.29, 1.82) is 0 Å². The van der Waals surface area contributed by atoms with Crippen LogP contribution in [0.15, 0.2) is 0 Å². The first-order chi connectivity index (χ1) is 11.7. The Morgan fingerprint density at radius 3 is 2.40 bits per heavy atom. The van der Waals surface area contributed by atoms with Gasteiger partial charge in [0.25, 0.3) is 0 Å². The molecule has 7 atom stereocenters. The monoisotopic (exact) mass is 422 g/mol. The standard InChI is InChI=1S/C20H33O2.CH4O.Rb/c1-19-12-10-17-15(16(19)8-9-18(19)22-2)7-6-14-5-3-4-11-20(14,17)13-21;1-2;/h14-18H,3-13H2,1-2H3;2H,1H3;/q-1;;+1/t14?,15?,16?,17-,18?,19?,20?;;/m0../s1. The molecule has 4 heteroatoms. The Hall–Kier alpha value is 1.69. The second-order valence-corrected chi connectivity index (χ2v) is 9.12. The van der Waals surface area contributed by atoms with Crippen LogP contribution in [0.2, 0.25) is 0 Å². The Morgan fingerprint density at radius 2 is 1.72 bits per heavy atom. The largest absolute Gasteiger partial charge is 1.00 e. The van der Waals surface area contributed by atoms with Gasteiger partial charge in [-0.2, -0.15) is 0 Å². The fraction of sp³-hybridized carbons (Fsp3) is 1.00. The molecule has 3 nitrogen and oxygen atoms in total. The second kappa shape index (κ2) is 9.46. The number of fused-ring (bicyclic) bond motifs is 5. The van der Waals surface area contributed by atoms with Gasteiger partial charge >= 0.3 is 58.2 Å². The molecular formula is C21H37O3Rb. The number of hydrogen-bond donors (Lipinski definition) is 1. The number of methoxy groups -OCH3 is 1. The van der Waals surface area contributed by atoms with E-state index in [1.807, 2.05) is 7.11 Å². The minimum atomic E-state index is 0. The van der Waals surface area contributed by atoms with Crippen LogP contribution in [0.3, 0.4) is 0 Å². The Balaban J connectivity index is 0.000000726. The second-order valence-electron chi connectivity index (χ2n) is 9.12. The molecule has 0 bridgehead atoms. The van der Waals surface area contributed by atoms with Gasteiger partial charge in [0.1, 0.15) is 0 Å². The van der Waals surface area contributed by atoms with Crippen molar-refractivity contribution in [2.75, 3.05) is 20.8 Å². The molecule has 4 saturated carbocycles. The van der Waals surface area contributed by atoms with Gasteiger partial charge in [0, 0.05) is 14.2 Å². The summed E-state index contributed by atoms with van der Waals surface area (Å²) in [6.07, 6.45) is 13.6. The van der Waals surface area contributed by atoms with Crippen LogP contribution in [-0.2, 0) is 4.74 Å². The Bertz CT molecular complexity index is 431. The zero-order valence-corrected chi connectivity index (χ0v) is 21.8. The fourth-order valence-corrected chi connectivity index (χ4v) is 7.69. The zero-order chi connectivity index (χ0) is 17.4. The van der Waals surface area contributed by atoms with Gasteiger partial charge < -0.3 is 14.9 Å². The topological polar surface area (TPSA) is 52.5 Å². The molecule has 0 spiro atoms. The summed E-state index contributed by atoms with van der Waals surface area (Å²) in [5.74, 6) is 3.13. The molecule has 4 aliphatic rings. The zero-order valence-electron chi connectivity index (χ0n) is 16.9. The van der Waals surface area contributed by atoms with Crippen LogP contribution in [0.5, 0.6) is 0 Å². The number of rotatable bonds is 2. The van der Waals surface area contributed by atoms with E-state index < -0.39 is 0 Å². The number of aliphatic hydroxyl groups is 1. The molecule has 0 aliphatic heterocycles. The van der Waals surface area contributed by atoms with Gasteiger partial charge in [-0.05, 0) is 85.9 Å². The summed E-state index contributed by atoms with van der Waals surface area (Å²) in [5, 5.41) is 19.4. The molecule has 0 radical (unpaired) electrons. The summed E-state index contributed by atoms with van der Waals surface area (Å²) in [4.78, 5) is 0. The van der Waals surface area contributed by atoms with Gasteiger partial charge in [-0.15, -0.1) is 6.61 Å². The fourth-order valence-electron chi connectivity index (χ4n) is 7.69. The molecule has 25 heavy (non-hydrogen) atoms. The van der Waals surface area contributed by atoms with E-state index in [4.69, 9.17) is 9.84 Å². The predicted molar refractivity (Wildman–Crippen MR) is 94.5 cm³/mol. The number of aliphatic hydroxyl groups excluding tert-OH is 1. The van der Waals surface area contributed by atoms with Crippen molar-refractivity contribution in [3.8, 4) is 0 Å². The third kappa shape index (κ3) is 3.67. The van der Waals surface area contributed by atoms with Gasteiger partial charge in [-0.25, -0.2) is 0 Å². The molecule has 4 fully saturated rings. The molecule has 4 aliphatic carbocycles. The van der Waals surface area contributed by atoms with Crippen LogP contribution in [0.1, 0.15) is 71.1 Å². The molecule has 0 amide bonds. The van der Waals surface area contributed by atoms with Crippen LogP contribution in [0.25, 0.3) is 0 Å². The van der Waals surface area contributed by atoms with E-state index in [1.54, 1.807) is 0 Å². The SMILES string of the molecule is CO.COC1CCC2C3CCC4CCCCC4(C[O-])[C@H]3CCC12C.[Rb+]. The maximum atomic E-state index is 12.4. The van der Waals surface area contributed by atoms with Crippen LogP contribution >= 0.6 is 0 Å². The molecular weight excluding hydrogens is 386 g/mol. The summed E-state index contributed by atoms with van der Waals surface area (Å²) in [6.45, 7) is 2.70. The van der Waals surface area contributed by atoms with Gasteiger partial charge in [-0.3, -0.25) is 0 Å². The molecule has 0 heterocycles. The summed E-state index contributed by atoms with van der Waals surface area (Å²) in [6, 6.07) is 0. The number of ether oxygens (including phenoxy) is 1. The predicted octanol–water partition coefficient (Wildman–Crippen LogP) is 0.387.